The molecule has 2 aliphatic rings. The van der Waals surface area contributed by atoms with E-state index < -0.39 is 34.2 Å². The summed E-state index contributed by atoms with van der Waals surface area (Å²) in [6.07, 6.45) is -2.01. The van der Waals surface area contributed by atoms with Gasteiger partial charge in [-0.25, -0.2) is 22.6 Å². The van der Waals surface area contributed by atoms with Gasteiger partial charge < -0.3 is 30.3 Å². The first-order valence-electron chi connectivity index (χ1n) is 12.2. The van der Waals surface area contributed by atoms with E-state index in [1.165, 1.54) is 47.9 Å². The number of sulfonamides is 1. The maximum atomic E-state index is 15.2. The van der Waals surface area contributed by atoms with Crippen LogP contribution in [0.5, 0.6) is 0 Å². The molecule has 2 saturated heterocycles. The van der Waals surface area contributed by atoms with Crippen LogP contribution >= 0.6 is 0 Å². The number of anilines is 3. The van der Waals surface area contributed by atoms with Gasteiger partial charge >= 0.3 is 0 Å². The van der Waals surface area contributed by atoms with Gasteiger partial charge in [0.2, 0.25) is 18.2 Å². The quantitative estimate of drug-likeness (QED) is 0.377. The Bertz CT molecular complexity index is 1310. The summed E-state index contributed by atoms with van der Waals surface area (Å²) in [5, 5.41) is 15.3. The third-order valence-corrected chi connectivity index (χ3v) is 7.97. The van der Waals surface area contributed by atoms with Gasteiger partial charge in [-0.05, 0) is 36.4 Å². The van der Waals surface area contributed by atoms with Gasteiger partial charge in [0.15, 0.2) is 11.6 Å². The zero-order valence-electron chi connectivity index (χ0n) is 21.4. The molecule has 4 rings (SSSR count). The van der Waals surface area contributed by atoms with Crippen LogP contribution < -0.4 is 25.9 Å². The van der Waals surface area contributed by atoms with Crippen molar-refractivity contribution in [2.24, 2.45) is 0 Å². The number of nitrogens with zero attached hydrogens (tertiary/aromatic N) is 3. The highest BCUT2D eigenvalue weighted by Gasteiger charge is 2.34. The molecule has 2 amide bonds. The molecule has 2 aliphatic heterocycles. The SMILES string of the molecule is CC(=O)NCC1CN(c2cc(F)c(N3CCNN(S(=O)(=O)c4ccc(NC(C)=O)cc4)CC3)c(F)c2)C(O)O1. The molecule has 15 heteroatoms. The molecule has 0 saturated carbocycles. The molecule has 2 heterocycles. The first-order valence-corrected chi connectivity index (χ1v) is 13.6. The van der Waals surface area contributed by atoms with E-state index in [4.69, 9.17) is 4.74 Å². The third kappa shape index (κ3) is 6.62. The van der Waals surface area contributed by atoms with Crippen LogP contribution in [0.3, 0.4) is 0 Å². The van der Waals surface area contributed by atoms with Crippen molar-refractivity contribution >= 4 is 38.9 Å². The van der Waals surface area contributed by atoms with Crippen molar-refractivity contribution in [3.05, 3.63) is 48.0 Å². The fourth-order valence-corrected chi connectivity index (χ4v) is 5.72. The summed E-state index contributed by atoms with van der Waals surface area (Å²) in [4.78, 5) is 25.0. The lowest BCUT2D eigenvalue weighted by Gasteiger charge is -2.26. The number of rotatable bonds is 7. The highest BCUT2D eigenvalue weighted by atomic mass is 32.2. The van der Waals surface area contributed by atoms with Gasteiger partial charge in [0, 0.05) is 57.9 Å². The monoisotopic (exact) mass is 568 g/mol. The summed E-state index contributed by atoms with van der Waals surface area (Å²) in [7, 11) is -3.98. The molecular weight excluding hydrogens is 538 g/mol. The minimum Gasteiger partial charge on any atom is -0.364 e. The Morgan fingerprint density at radius 1 is 1.08 bits per heavy atom. The molecule has 39 heavy (non-hydrogen) atoms. The molecule has 0 spiro atoms. The van der Waals surface area contributed by atoms with E-state index in [1.807, 2.05) is 0 Å². The Labute approximate surface area is 224 Å². The lowest BCUT2D eigenvalue weighted by molar-refractivity contribution is -0.121. The van der Waals surface area contributed by atoms with Crippen LogP contribution in [-0.2, 0) is 24.3 Å². The first kappa shape index (κ1) is 28.6. The average molecular weight is 569 g/mol. The van der Waals surface area contributed by atoms with E-state index in [1.54, 1.807) is 0 Å². The lowest BCUT2D eigenvalue weighted by atomic mass is 10.2. The zero-order valence-corrected chi connectivity index (χ0v) is 22.2. The number of nitrogens with one attached hydrogen (secondary N) is 3. The molecule has 2 fully saturated rings. The van der Waals surface area contributed by atoms with Gasteiger partial charge in [0.05, 0.1) is 17.5 Å². The van der Waals surface area contributed by atoms with Gasteiger partial charge in [-0.2, -0.15) is 0 Å². The number of aliphatic hydroxyl groups excluding tert-OH is 1. The van der Waals surface area contributed by atoms with Crippen LogP contribution in [0.2, 0.25) is 0 Å². The number of hydrogen-bond donors (Lipinski definition) is 4. The van der Waals surface area contributed by atoms with E-state index in [9.17, 15) is 23.1 Å². The normalized spacial score (nSPS) is 20.5. The minimum atomic E-state index is -3.98. The second-order valence-corrected chi connectivity index (χ2v) is 11.0. The minimum absolute atomic E-state index is 0.00235. The summed E-state index contributed by atoms with van der Waals surface area (Å²) in [6, 6.07) is 7.81. The number of carbonyl (C=O) groups is 2. The standard InChI is InChI=1S/C24H30F2N6O6S/c1-15(33)27-13-19-14-31(24(35)38-19)18-11-21(25)23(22(26)12-18)30-8-7-28-32(10-9-30)39(36,37)20-5-3-17(4-6-20)29-16(2)34/h3-6,11-12,19,24,28,35H,7-10,13-14H2,1-2H3,(H,27,33)(H,29,34). The molecule has 0 bridgehead atoms. The molecule has 2 atom stereocenters. The fourth-order valence-electron chi connectivity index (χ4n) is 4.40. The van der Waals surface area contributed by atoms with Crippen LogP contribution in [0.15, 0.2) is 41.3 Å². The maximum Gasteiger partial charge on any atom is 0.255 e. The Balaban J connectivity index is 1.45. The smallest absolute Gasteiger partial charge is 0.255 e. The number of aliphatic hydroxyl groups is 1. The molecule has 2 aromatic rings. The van der Waals surface area contributed by atoms with Gasteiger partial charge in [-0.1, -0.05) is 0 Å². The zero-order chi connectivity index (χ0) is 28.3. The van der Waals surface area contributed by atoms with Crippen LogP contribution in [0.4, 0.5) is 25.8 Å². The topological polar surface area (TPSA) is 144 Å². The van der Waals surface area contributed by atoms with Crippen molar-refractivity contribution < 1.29 is 36.6 Å². The van der Waals surface area contributed by atoms with Crippen molar-refractivity contribution in [2.75, 3.05) is 54.4 Å². The summed E-state index contributed by atoms with van der Waals surface area (Å²) in [5.41, 5.74) is 2.99. The number of halogens is 2. The number of amides is 2. The number of carbonyl (C=O) groups excluding carboxylic acids is 2. The Kier molecular flexibility index (Phi) is 8.66. The van der Waals surface area contributed by atoms with Crippen molar-refractivity contribution in [1.82, 2.24) is 15.2 Å². The van der Waals surface area contributed by atoms with Gasteiger partial charge in [-0.3, -0.25) is 9.59 Å². The van der Waals surface area contributed by atoms with Crippen LogP contribution in [0.25, 0.3) is 0 Å². The van der Waals surface area contributed by atoms with E-state index in [2.05, 4.69) is 16.1 Å². The second-order valence-electron chi connectivity index (χ2n) is 9.11. The van der Waals surface area contributed by atoms with Gasteiger partial charge in [0.1, 0.15) is 5.69 Å². The summed E-state index contributed by atoms with van der Waals surface area (Å²) in [6.45, 7) is 3.02. The molecule has 0 aromatic heterocycles. The predicted molar refractivity (Wildman–Crippen MR) is 138 cm³/mol. The lowest BCUT2D eigenvalue weighted by Crippen LogP contribution is -2.43. The van der Waals surface area contributed by atoms with Gasteiger partial charge in [-0.15, -0.1) is 4.41 Å². The molecule has 12 nitrogen and oxygen atoms in total. The largest absolute Gasteiger partial charge is 0.364 e. The molecular formula is C24H30F2N6O6S. The predicted octanol–water partition coefficient (Wildman–Crippen LogP) is 0.556. The first-order chi connectivity index (χ1) is 18.5. The Morgan fingerprint density at radius 3 is 2.36 bits per heavy atom. The van der Waals surface area contributed by atoms with Crippen LogP contribution in [0.1, 0.15) is 13.8 Å². The van der Waals surface area contributed by atoms with E-state index in [0.29, 0.717) is 5.69 Å². The van der Waals surface area contributed by atoms with Crippen molar-refractivity contribution in [1.29, 1.82) is 0 Å². The molecule has 2 aromatic carbocycles. The number of benzene rings is 2. The van der Waals surface area contributed by atoms with E-state index in [0.717, 1.165) is 16.5 Å². The Hall–Kier alpha value is -3.37. The van der Waals surface area contributed by atoms with Crippen molar-refractivity contribution in [3.63, 3.8) is 0 Å². The van der Waals surface area contributed by atoms with E-state index in [-0.39, 0.29) is 67.4 Å². The molecule has 2 unspecified atom stereocenters. The Morgan fingerprint density at radius 2 is 1.74 bits per heavy atom. The van der Waals surface area contributed by atoms with Crippen LogP contribution in [0, 0.1) is 11.6 Å². The summed E-state index contributed by atoms with van der Waals surface area (Å²) in [5.74, 6) is -2.32. The highest BCUT2D eigenvalue weighted by molar-refractivity contribution is 7.89. The average Bonchev–Trinajstić information content (AvgIpc) is 3.06. The second kappa shape index (κ2) is 11.8. The molecule has 4 N–H and O–H groups in total. The summed E-state index contributed by atoms with van der Waals surface area (Å²) < 4.78 is 63.1. The molecule has 0 aliphatic carbocycles. The molecule has 212 valence electrons. The fraction of sp³-hybridized carbons (Fsp3) is 0.417. The van der Waals surface area contributed by atoms with Crippen molar-refractivity contribution in [2.45, 2.75) is 31.3 Å². The third-order valence-electron chi connectivity index (χ3n) is 6.21. The number of ether oxygens (including phenoxy) is 1. The van der Waals surface area contributed by atoms with E-state index >= 15 is 8.78 Å². The number of hydrazine groups is 1. The highest BCUT2D eigenvalue weighted by Crippen LogP contribution is 2.32. The molecule has 0 radical (unpaired) electrons. The number of hydrogen-bond acceptors (Lipinski definition) is 9. The maximum absolute atomic E-state index is 15.2. The van der Waals surface area contributed by atoms with Gasteiger partial charge in [0.25, 0.3) is 10.0 Å². The van der Waals surface area contributed by atoms with Crippen molar-refractivity contribution in [3.8, 4) is 0 Å². The summed E-state index contributed by atoms with van der Waals surface area (Å²) >= 11 is 0. The van der Waals surface area contributed by atoms with Crippen LogP contribution in [-0.4, -0.2) is 81.5 Å².